The second-order valence-electron chi connectivity index (χ2n) is 7.81. The number of rotatable bonds is 9. The van der Waals surface area contributed by atoms with E-state index in [0.29, 0.717) is 6.42 Å². The Kier molecular flexibility index (Phi) is 6.75. The van der Waals surface area contributed by atoms with Gasteiger partial charge in [0, 0.05) is 41.9 Å². The van der Waals surface area contributed by atoms with E-state index in [1.54, 1.807) is 6.26 Å². The molecule has 0 aliphatic heterocycles. The summed E-state index contributed by atoms with van der Waals surface area (Å²) in [6.45, 7) is 5.61. The molecule has 2 amide bonds. The Labute approximate surface area is 171 Å². The van der Waals surface area contributed by atoms with Crippen molar-refractivity contribution in [3.63, 3.8) is 0 Å². The fourth-order valence-corrected chi connectivity index (χ4v) is 3.30. The standard InChI is InChI=1S/C23H29N3O3/c1-15(2)22(27)26-21(13-17-14-24-20-9-5-4-8-19(17)20)23(28)25-16(3)10-11-18-7-6-12-29-18/h4-9,12,14-16,21,24H,10-11,13H2,1-3H3,(H,25,28)(H,26,27). The van der Waals surface area contributed by atoms with Gasteiger partial charge in [-0.05, 0) is 37.1 Å². The van der Waals surface area contributed by atoms with Crippen molar-refractivity contribution in [3.05, 3.63) is 60.2 Å². The van der Waals surface area contributed by atoms with Gasteiger partial charge in [-0.2, -0.15) is 0 Å². The molecule has 6 heteroatoms. The Balaban J connectivity index is 1.68. The van der Waals surface area contributed by atoms with Crippen molar-refractivity contribution in [2.75, 3.05) is 0 Å². The Bertz CT molecular complexity index is 943. The first-order valence-electron chi connectivity index (χ1n) is 10.1. The van der Waals surface area contributed by atoms with Gasteiger partial charge in [0.1, 0.15) is 11.8 Å². The maximum Gasteiger partial charge on any atom is 0.243 e. The SMILES string of the molecule is CC(CCc1ccco1)NC(=O)C(Cc1c[nH]c2ccccc12)NC(=O)C(C)C. The second-order valence-corrected chi connectivity index (χ2v) is 7.81. The zero-order chi connectivity index (χ0) is 20.8. The number of aryl methyl sites for hydroxylation is 1. The van der Waals surface area contributed by atoms with Crippen molar-refractivity contribution in [1.29, 1.82) is 0 Å². The van der Waals surface area contributed by atoms with Crippen LogP contribution in [0.3, 0.4) is 0 Å². The molecule has 2 atom stereocenters. The van der Waals surface area contributed by atoms with Crippen molar-refractivity contribution in [3.8, 4) is 0 Å². The molecule has 3 N–H and O–H groups in total. The van der Waals surface area contributed by atoms with E-state index in [-0.39, 0.29) is 23.8 Å². The van der Waals surface area contributed by atoms with Gasteiger partial charge in [-0.25, -0.2) is 0 Å². The Morgan fingerprint density at radius 3 is 2.55 bits per heavy atom. The molecule has 154 valence electrons. The molecule has 0 saturated carbocycles. The van der Waals surface area contributed by atoms with Gasteiger partial charge in [0.25, 0.3) is 0 Å². The lowest BCUT2D eigenvalue weighted by molar-refractivity contribution is -0.130. The number of benzene rings is 1. The fourth-order valence-electron chi connectivity index (χ4n) is 3.30. The topological polar surface area (TPSA) is 87.1 Å². The minimum absolute atomic E-state index is 0.0333. The first-order valence-corrected chi connectivity index (χ1v) is 10.1. The molecule has 3 aromatic rings. The van der Waals surface area contributed by atoms with Gasteiger partial charge in [0.15, 0.2) is 0 Å². The second kappa shape index (κ2) is 9.45. The number of amides is 2. The average Bonchev–Trinajstić information content (AvgIpc) is 3.35. The summed E-state index contributed by atoms with van der Waals surface area (Å²) in [5, 5.41) is 7.02. The third kappa shape index (κ3) is 5.50. The van der Waals surface area contributed by atoms with E-state index in [1.807, 2.05) is 63.4 Å². The molecule has 0 spiro atoms. The quantitative estimate of drug-likeness (QED) is 0.517. The van der Waals surface area contributed by atoms with Crippen LogP contribution in [0.4, 0.5) is 0 Å². The largest absolute Gasteiger partial charge is 0.469 e. The summed E-state index contributed by atoms with van der Waals surface area (Å²) >= 11 is 0. The van der Waals surface area contributed by atoms with Crippen LogP contribution in [-0.4, -0.2) is 28.9 Å². The van der Waals surface area contributed by atoms with Crippen LogP contribution in [0.25, 0.3) is 10.9 Å². The lowest BCUT2D eigenvalue weighted by atomic mass is 10.0. The monoisotopic (exact) mass is 395 g/mol. The van der Waals surface area contributed by atoms with Gasteiger partial charge in [-0.15, -0.1) is 0 Å². The third-order valence-corrected chi connectivity index (χ3v) is 5.05. The smallest absolute Gasteiger partial charge is 0.243 e. The Morgan fingerprint density at radius 1 is 1.03 bits per heavy atom. The molecular weight excluding hydrogens is 366 g/mol. The molecule has 0 aliphatic rings. The predicted molar refractivity (Wildman–Crippen MR) is 113 cm³/mol. The number of aromatic amines is 1. The van der Waals surface area contributed by atoms with E-state index in [9.17, 15) is 9.59 Å². The van der Waals surface area contributed by atoms with Crippen LogP contribution < -0.4 is 10.6 Å². The number of carbonyl (C=O) groups is 2. The van der Waals surface area contributed by atoms with Crippen molar-refractivity contribution >= 4 is 22.7 Å². The van der Waals surface area contributed by atoms with E-state index in [0.717, 1.165) is 35.1 Å². The summed E-state index contributed by atoms with van der Waals surface area (Å²) in [5.74, 6) is 0.406. The maximum absolute atomic E-state index is 13.0. The lowest BCUT2D eigenvalue weighted by Crippen LogP contribution is -2.51. The summed E-state index contributed by atoms with van der Waals surface area (Å²) in [5.41, 5.74) is 2.02. The molecule has 0 saturated heterocycles. The molecular formula is C23H29N3O3. The molecule has 29 heavy (non-hydrogen) atoms. The van der Waals surface area contributed by atoms with Crippen LogP contribution in [0.1, 0.15) is 38.5 Å². The number of aromatic nitrogens is 1. The van der Waals surface area contributed by atoms with Crippen LogP contribution in [0, 0.1) is 5.92 Å². The highest BCUT2D eigenvalue weighted by atomic mass is 16.3. The number of nitrogens with one attached hydrogen (secondary N) is 3. The van der Waals surface area contributed by atoms with Gasteiger partial charge in [-0.3, -0.25) is 9.59 Å². The van der Waals surface area contributed by atoms with Crippen LogP contribution in [0.15, 0.2) is 53.3 Å². The molecule has 1 aromatic carbocycles. The van der Waals surface area contributed by atoms with Gasteiger partial charge in [0.05, 0.1) is 6.26 Å². The zero-order valence-corrected chi connectivity index (χ0v) is 17.2. The summed E-state index contributed by atoms with van der Waals surface area (Å²) in [4.78, 5) is 28.5. The van der Waals surface area contributed by atoms with Gasteiger partial charge >= 0.3 is 0 Å². The highest BCUT2D eigenvalue weighted by molar-refractivity contribution is 5.90. The number of hydrogen-bond donors (Lipinski definition) is 3. The van der Waals surface area contributed by atoms with Crippen LogP contribution >= 0.6 is 0 Å². The number of para-hydroxylation sites is 1. The first-order chi connectivity index (χ1) is 13.9. The highest BCUT2D eigenvalue weighted by Gasteiger charge is 2.24. The molecule has 3 rings (SSSR count). The molecule has 6 nitrogen and oxygen atoms in total. The average molecular weight is 396 g/mol. The van der Waals surface area contributed by atoms with Crippen molar-refractivity contribution in [2.24, 2.45) is 5.92 Å². The number of fused-ring (bicyclic) bond motifs is 1. The van der Waals surface area contributed by atoms with Gasteiger partial charge in [0.2, 0.25) is 11.8 Å². The zero-order valence-electron chi connectivity index (χ0n) is 17.2. The lowest BCUT2D eigenvalue weighted by Gasteiger charge is -2.22. The van der Waals surface area contributed by atoms with E-state index >= 15 is 0 Å². The van der Waals surface area contributed by atoms with Gasteiger partial charge in [-0.1, -0.05) is 32.0 Å². The number of hydrogen-bond acceptors (Lipinski definition) is 3. The minimum Gasteiger partial charge on any atom is -0.469 e. The maximum atomic E-state index is 13.0. The Morgan fingerprint density at radius 2 is 1.83 bits per heavy atom. The highest BCUT2D eigenvalue weighted by Crippen LogP contribution is 2.19. The number of H-pyrrole nitrogens is 1. The summed E-state index contributed by atoms with van der Waals surface area (Å²) in [7, 11) is 0. The van der Waals surface area contributed by atoms with Gasteiger partial charge < -0.3 is 20.0 Å². The van der Waals surface area contributed by atoms with Crippen molar-refractivity contribution < 1.29 is 14.0 Å². The van der Waals surface area contributed by atoms with Crippen LogP contribution in [-0.2, 0) is 22.4 Å². The molecule has 2 heterocycles. The molecule has 0 fully saturated rings. The normalized spacial score (nSPS) is 13.4. The van der Waals surface area contributed by atoms with Crippen molar-refractivity contribution in [2.45, 2.75) is 52.1 Å². The predicted octanol–water partition coefficient (Wildman–Crippen LogP) is 3.58. The first kappa shape index (κ1) is 20.7. The summed E-state index contributed by atoms with van der Waals surface area (Å²) < 4.78 is 5.35. The summed E-state index contributed by atoms with van der Waals surface area (Å²) in [6, 6.07) is 11.1. The minimum atomic E-state index is -0.629. The number of furan rings is 1. The van der Waals surface area contributed by atoms with Crippen molar-refractivity contribution in [1.82, 2.24) is 15.6 Å². The molecule has 0 aliphatic carbocycles. The molecule has 0 bridgehead atoms. The van der Waals surface area contributed by atoms with E-state index < -0.39 is 6.04 Å². The third-order valence-electron chi connectivity index (χ3n) is 5.05. The van der Waals surface area contributed by atoms with E-state index in [4.69, 9.17) is 4.42 Å². The van der Waals surface area contributed by atoms with Crippen LogP contribution in [0.2, 0.25) is 0 Å². The van der Waals surface area contributed by atoms with E-state index in [2.05, 4.69) is 15.6 Å². The molecule has 2 unspecified atom stereocenters. The summed E-state index contributed by atoms with van der Waals surface area (Å²) in [6.07, 6.45) is 5.50. The molecule has 0 radical (unpaired) electrons. The van der Waals surface area contributed by atoms with Crippen LogP contribution in [0.5, 0.6) is 0 Å². The molecule has 2 aromatic heterocycles. The fraction of sp³-hybridized carbons (Fsp3) is 0.391. The number of carbonyl (C=O) groups excluding carboxylic acids is 2. The Hall–Kier alpha value is -3.02. The van der Waals surface area contributed by atoms with E-state index in [1.165, 1.54) is 0 Å².